The molecule has 2 N–H and O–H groups in total. The zero-order valence-corrected chi connectivity index (χ0v) is 11.1. The molecule has 0 fully saturated rings. The van der Waals surface area contributed by atoms with Crippen LogP contribution in [-0.2, 0) is 9.47 Å². The molecule has 6 nitrogen and oxygen atoms in total. The molecule has 0 aliphatic rings. The van der Waals surface area contributed by atoms with Crippen LogP contribution in [0, 0.1) is 0 Å². The highest BCUT2D eigenvalue weighted by molar-refractivity contribution is 5.95. The third-order valence-corrected chi connectivity index (χ3v) is 2.32. The monoisotopic (exact) mass is 266 g/mol. The predicted octanol–water partition coefficient (Wildman–Crippen LogP) is 1.63. The second-order valence-corrected chi connectivity index (χ2v) is 3.81. The summed E-state index contributed by atoms with van der Waals surface area (Å²) < 4.78 is 9.89. The van der Waals surface area contributed by atoms with Crippen LogP contribution in [0.5, 0.6) is 0 Å². The lowest BCUT2D eigenvalue weighted by Gasteiger charge is -2.08. The molecule has 6 heteroatoms. The van der Waals surface area contributed by atoms with E-state index in [-0.39, 0.29) is 18.5 Å². The summed E-state index contributed by atoms with van der Waals surface area (Å²) in [4.78, 5) is 22.5. The summed E-state index contributed by atoms with van der Waals surface area (Å²) in [6.07, 6.45) is 0. The Morgan fingerprint density at radius 1 is 1.16 bits per heavy atom. The van der Waals surface area contributed by atoms with Gasteiger partial charge in [-0.15, -0.1) is 0 Å². The second-order valence-electron chi connectivity index (χ2n) is 3.81. The fourth-order valence-corrected chi connectivity index (χ4v) is 1.29. The first kappa shape index (κ1) is 15.1. The molecule has 104 valence electrons. The van der Waals surface area contributed by atoms with Crippen LogP contribution in [0.25, 0.3) is 0 Å². The van der Waals surface area contributed by atoms with Gasteiger partial charge in [-0.05, 0) is 31.2 Å². The SMILES string of the molecule is COCCOCNC(=O)Nc1ccc(C(C)=O)cc1. The second kappa shape index (κ2) is 8.23. The minimum Gasteiger partial charge on any atom is -0.382 e. The molecule has 1 aromatic carbocycles. The van der Waals surface area contributed by atoms with Crippen molar-refractivity contribution in [2.75, 3.05) is 32.4 Å². The summed E-state index contributed by atoms with van der Waals surface area (Å²) in [6.45, 7) is 2.51. The summed E-state index contributed by atoms with van der Waals surface area (Å²) in [5.74, 6) is -0.0115. The first-order valence-electron chi connectivity index (χ1n) is 5.86. The molecule has 0 spiro atoms. The normalized spacial score (nSPS) is 10.0. The lowest BCUT2D eigenvalue weighted by atomic mass is 10.1. The Bertz CT molecular complexity index is 417. The van der Waals surface area contributed by atoms with Crippen LogP contribution in [0.1, 0.15) is 17.3 Å². The molecule has 1 rings (SSSR count). The number of carbonyl (C=O) groups is 2. The Balaban J connectivity index is 2.30. The third-order valence-electron chi connectivity index (χ3n) is 2.32. The Morgan fingerprint density at radius 2 is 1.84 bits per heavy atom. The molecule has 0 saturated carbocycles. The van der Waals surface area contributed by atoms with E-state index in [9.17, 15) is 9.59 Å². The van der Waals surface area contributed by atoms with Gasteiger partial charge >= 0.3 is 6.03 Å². The van der Waals surface area contributed by atoms with Crippen LogP contribution in [0.3, 0.4) is 0 Å². The molecule has 0 saturated heterocycles. The average molecular weight is 266 g/mol. The average Bonchev–Trinajstić information content (AvgIpc) is 2.39. The van der Waals surface area contributed by atoms with E-state index in [4.69, 9.17) is 9.47 Å². The van der Waals surface area contributed by atoms with Crippen LogP contribution in [0.15, 0.2) is 24.3 Å². The predicted molar refractivity (Wildman–Crippen MR) is 71.3 cm³/mol. The van der Waals surface area contributed by atoms with Gasteiger partial charge in [-0.3, -0.25) is 4.79 Å². The van der Waals surface area contributed by atoms with Gasteiger partial charge in [0.15, 0.2) is 5.78 Å². The van der Waals surface area contributed by atoms with Crippen LogP contribution < -0.4 is 10.6 Å². The summed E-state index contributed by atoms with van der Waals surface area (Å²) >= 11 is 0. The minimum atomic E-state index is -0.368. The van der Waals surface area contributed by atoms with Gasteiger partial charge in [0.25, 0.3) is 0 Å². The fourth-order valence-electron chi connectivity index (χ4n) is 1.29. The maximum atomic E-state index is 11.5. The van der Waals surface area contributed by atoms with Gasteiger partial charge in [-0.2, -0.15) is 0 Å². The van der Waals surface area contributed by atoms with Gasteiger partial charge in [0.05, 0.1) is 13.2 Å². The number of benzene rings is 1. The van der Waals surface area contributed by atoms with Crippen molar-refractivity contribution in [3.05, 3.63) is 29.8 Å². The molecular formula is C13H18N2O4. The standard InChI is InChI=1S/C13H18N2O4/c1-10(16)11-3-5-12(6-4-11)15-13(17)14-9-19-8-7-18-2/h3-6H,7-9H2,1-2H3,(H2,14,15,17). The molecule has 0 unspecified atom stereocenters. The van der Waals surface area contributed by atoms with Crippen molar-refractivity contribution in [3.8, 4) is 0 Å². The van der Waals surface area contributed by atoms with E-state index in [0.717, 1.165) is 0 Å². The van der Waals surface area contributed by atoms with E-state index < -0.39 is 0 Å². The molecule has 0 aliphatic heterocycles. The molecule has 0 radical (unpaired) electrons. The maximum Gasteiger partial charge on any atom is 0.321 e. The number of amides is 2. The number of nitrogens with one attached hydrogen (secondary N) is 2. The Kier molecular flexibility index (Phi) is 6.56. The van der Waals surface area contributed by atoms with Crippen LogP contribution >= 0.6 is 0 Å². The number of hydrogen-bond donors (Lipinski definition) is 2. The van der Waals surface area contributed by atoms with E-state index in [1.54, 1.807) is 31.4 Å². The summed E-state index contributed by atoms with van der Waals surface area (Å²) in [5, 5.41) is 5.16. The van der Waals surface area contributed by atoms with Gasteiger partial charge in [-0.1, -0.05) is 0 Å². The molecule has 0 bridgehead atoms. The van der Waals surface area contributed by atoms with Crippen LogP contribution in [0.2, 0.25) is 0 Å². The highest BCUT2D eigenvalue weighted by Gasteiger charge is 2.02. The van der Waals surface area contributed by atoms with E-state index in [1.807, 2.05) is 0 Å². The molecule has 2 amide bonds. The first-order chi connectivity index (χ1) is 9.13. The van der Waals surface area contributed by atoms with E-state index in [0.29, 0.717) is 24.5 Å². The number of carbonyl (C=O) groups excluding carboxylic acids is 2. The lowest BCUT2D eigenvalue weighted by Crippen LogP contribution is -2.31. The molecule has 0 aliphatic carbocycles. The number of ketones is 1. The van der Waals surface area contributed by atoms with Crippen LogP contribution in [0.4, 0.5) is 10.5 Å². The van der Waals surface area contributed by atoms with Crippen molar-refractivity contribution in [2.24, 2.45) is 0 Å². The van der Waals surface area contributed by atoms with Crippen molar-refractivity contribution in [1.29, 1.82) is 0 Å². The van der Waals surface area contributed by atoms with E-state index in [2.05, 4.69) is 10.6 Å². The fraction of sp³-hybridized carbons (Fsp3) is 0.385. The molecule has 0 atom stereocenters. The maximum absolute atomic E-state index is 11.5. The Labute approximate surface area is 112 Å². The van der Waals surface area contributed by atoms with E-state index in [1.165, 1.54) is 6.92 Å². The quantitative estimate of drug-likeness (QED) is 0.447. The number of Topliss-reactive ketones (excluding diaryl/α,β-unsaturated/α-hetero) is 1. The number of urea groups is 1. The number of methoxy groups -OCH3 is 1. The topological polar surface area (TPSA) is 76.7 Å². The molecule has 0 aromatic heterocycles. The highest BCUT2D eigenvalue weighted by Crippen LogP contribution is 2.09. The summed E-state index contributed by atoms with van der Waals surface area (Å²) in [6, 6.07) is 6.29. The lowest BCUT2D eigenvalue weighted by molar-refractivity contribution is 0.0650. The zero-order chi connectivity index (χ0) is 14.1. The molecule has 19 heavy (non-hydrogen) atoms. The Hall–Kier alpha value is -1.92. The molecule has 1 aromatic rings. The number of rotatable bonds is 7. The van der Waals surface area contributed by atoms with Crippen molar-refractivity contribution in [1.82, 2.24) is 5.32 Å². The number of ether oxygens (including phenoxy) is 2. The summed E-state index contributed by atoms with van der Waals surface area (Å²) in [5.41, 5.74) is 1.22. The Morgan fingerprint density at radius 3 is 2.42 bits per heavy atom. The third kappa shape index (κ3) is 5.98. The zero-order valence-electron chi connectivity index (χ0n) is 11.1. The first-order valence-corrected chi connectivity index (χ1v) is 5.86. The van der Waals surface area contributed by atoms with Crippen molar-refractivity contribution < 1.29 is 19.1 Å². The molecular weight excluding hydrogens is 248 g/mol. The highest BCUT2D eigenvalue weighted by atomic mass is 16.5. The van der Waals surface area contributed by atoms with Crippen LogP contribution in [-0.4, -0.2) is 38.9 Å². The minimum absolute atomic E-state index is 0.0115. The van der Waals surface area contributed by atoms with Crippen molar-refractivity contribution >= 4 is 17.5 Å². The van der Waals surface area contributed by atoms with Crippen molar-refractivity contribution in [3.63, 3.8) is 0 Å². The molecule has 0 heterocycles. The smallest absolute Gasteiger partial charge is 0.321 e. The van der Waals surface area contributed by atoms with Gasteiger partial charge in [-0.25, -0.2) is 4.79 Å². The van der Waals surface area contributed by atoms with Gasteiger partial charge in [0.1, 0.15) is 6.73 Å². The number of hydrogen-bond acceptors (Lipinski definition) is 4. The summed E-state index contributed by atoms with van der Waals surface area (Å²) in [7, 11) is 1.58. The van der Waals surface area contributed by atoms with Crippen molar-refractivity contribution in [2.45, 2.75) is 6.92 Å². The van der Waals surface area contributed by atoms with Gasteiger partial charge < -0.3 is 20.1 Å². The number of anilines is 1. The largest absolute Gasteiger partial charge is 0.382 e. The van der Waals surface area contributed by atoms with Gasteiger partial charge in [0.2, 0.25) is 0 Å². The van der Waals surface area contributed by atoms with E-state index >= 15 is 0 Å². The van der Waals surface area contributed by atoms with Gasteiger partial charge in [0, 0.05) is 18.4 Å².